The molecule has 4 nitrogen and oxygen atoms in total. The van der Waals surface area contributed by atoms with Gasteiger partial charge in [-0.15, -0.1) is 0 Å². The molecule has 122 valence electrons. The Kier molecular flexibility index (Phi) is 5.21. The van der Waals surface area contributed by atoms with Crippen molar-refractivity contribution in [2.24, 2.45) is 0 Å². The van der Waals surface area contributed by atoms with Crippen molar-refractivity contribution in [2.45, 2.75) is 17.9 Å². The van der Waals surface area contributed by atoms with Gasteiger partial charge in [-0.2, -0.15) is 0 Å². The van der Waals surface area contributed by atoms with Gasteiger partial charge >= 0.3 is 0 Å². The Balaban J connectivity index is 2.15. The quantitative estimate of drug-likeness (QED) is 0.855. The van der Waals surface area contributed by atoms with Gasteiger partial charge in [-0.1, -0.05) is 28.1 Å². The molecule has 0 saturated carbocycles. The van der Waals surface area contributed by atoms with E-state index in [2.05, 4.69) is 21.2 Å². The number of carbonyl (C=O) groups is 1. The lowest BCUT2D eigenvalue weighted by atomic mass is 10.1. The SMILES string of the molecule is CC(NC(=O)c1ccc(Br)cc1F)c1ccc(S(C)(=O)=O)cc1. The third kappa shape index (κ3) is 4.39. The highest BCUT2D eigenvalue weighted by atomic mass is 79.9. The minimum Gasteiger partial charge on any atom is -0.345 e. The van der Waals surface area contributed by atoms with Gasteiger partial charge in [0.2, 0.25) is 0 Å². The lowest BCUT2D eigenvalue weighted by Gasteiger charge is -2.15. The number of rotatable bonds is 4. The fourth-order valence-corrected chi connectivity index (χ4v) is 3.00. The number of amides is 1. The first-order valence-corrected chi connectivity index (χ1v) is 9.43. The Morgan fingerprint density at radius 3 is 2.30 bits per heavy atom. The molecule has 0 bridgehead atoms. The summed E-state index contributed by atoms with van der Waals surface area (Å²) < 4.78 is 37.2. The molecule has 7 heteroatoms. The van der Waals surface area contributed by atoms with E-state index in [4.69, 9.17) is 0 Å². The predicted octanol–water partition coefficient (Wildman–Crippen LogP) is 3.48. The van der Waals surface area contributed by atoms with Gasteiger partial charge in [-0.25, -0.2) is 12.8 Å². The van der Waals surface area contributed by atoms with E-state index < -0.39 is 21.6 Å². The molecular formula is C16H15BrFNO3S. The molecule has 0 fully saturated rings. The molecule has 0 aliphatic rings. The van der Waals surface area contributed by atoms with Crippen molar-refractivity contribution in [3.63, 3.8) is 0 Å². The van der Waals surface area contributed by atoms with Gasteiger partial charge in [0.1, 0.15) is 5.82 Å². The number of hydrogen-bond acceptors (Lipinski definition) is 3. The molecule has 0 aliphatic heterocycles. The Labute approximate surface area is 142 Å². The first-order chi connectivity index (χ1) is 10.7. The van der Waals surface area contributed by atoms with Crippen LogP contribution < -0.4 is 5.32 Å². The van der Waals surface area contributed by atoms with Crippen LogP contribution in [0.25, 0.3) is 0 Å². The van der Waals surface area contributed by atoms with Crippen molar-refractivity contribution in [3.8, 4) is 0 Å². The number of sulfone groups is 1. The van der Waals surface area contributed by atoms with Crippen LogP contribution in [-0.2, 0) is 9.84 Å². The van der Waals surface area contributed by atoms with E-state index in [1.165, 1.54) is 24.3 Å². The highest BCUT2D eigenvalue weighted by Crippen LogP contribution is 2.19. The smallest absolute Gasteiger partial charge is 0.254 e. The topological polar surface area (TPSA) is 63.2 Å². The van der Waals surface area contributed by atoms with Crippen molar-refractivity contribution in [1.29, 1.82) is 0 Å². The maximum atomic E-state index is 13.8. The molecule has 0 saturated heterocycles. The maximum absolute atomic E-state index is 13.8. The van der Waals surface area contributed by atoms with Crippen molar-refractivity contribution in [2.75, 3.05) is 6.26 Å². The summed E-state index contributed by atoms with van der Waals surface area (Å²) in [7, 11) is -3.26. The Morgan fingerprint density at radius 2 is 1.78 bits per heavy atom. The zero-order chi connectivity index (χ0) is 17.2. The third-order valence-electron chi connectivity index (χ3n) is 3.33. The zero-order valence-corrected chi connectivity index (χ0v) is 14.9. The van der Waals surface area contributed by atoms with Crippen molar-refractivity contribution in [1.82, 2.24) is 5.32 Å². The van der Waals surface area contributed by atoms with Gasteiger partial charge in [-0.05, 0) is 42.8 Å². The van der Waals surface area contributed by atoms with Crippen LogP contribution in [-0.4, -0.2) is 20.6 Å². The van der Waals surface area contributed by atoms with Crippen molar-refractivity contribution in [3.05, 3.63) is 63.9 Å². The summed E-state index contributed by atoms with van der Waals surface area (Å²) in [5.41, 5.74) is 0.677. The Morgan fingerprint density at radius 1 is 1.17 bits per heavy atom. The second-order valence-corrected chi connectivity index (χ2v) is 8.09. The molecule has 2 rings (SSSR count). The van der Waals surface area contributed by atoms with E-state index in [0.29, 0.717) is 4.47 Å². The standard InChI is InChI=1S/C16H15BrFNO3S/c1-10(11-3-6-13(7-4-11)23(2,21)22)19-16(20)14-8-5-12(17)9-15(14)18/h3-10H,1-2H3,(H,19,20). The van der Waals surface area contributed by atoms with Crippen LogP contribution in [0.5, 0.6) is 0 Å². The zero-order valence-electron chi connectivity index (χ0n) is 12.5. The second kappa shape index (κ2) is 6.80. The minimum atomic E-state index is -3.26. The van der Waals surface area contributed by atoms with E-state index in [1.807, 2.05) is 0 Å². The average Bonchev–Trinajstić information content (AvgIpc) is 2.46. The number of halogens is 2. The predicted molar refractivity (Wildman–Crippen MR) is 89.5 cm³/mol. The molecule has 0 spiro atoms. The molecular weight excluding hydrogens is 385 g/mol. The van der Waals surface area contributed by atoms with Crippen LogP contribution in [0.4, 0.5) is 4.39 Å². The van der Waals surface area contributed by atoms with Crippen LogP contribution >= 0.6 is 15.9 Å². The van der Waals surface area contributed by atoms with Gasteiger partial charge in [0.25, 0.3) is 5.91 Å². The highest BCUT2D eigenvalue weighted by Gasteiger charge is 2.16. The number of carbonyl (C=O) groups excluding carboxylic acids is 1. The van der Waals surface area contributed by atoms with Gasteiger partial charge < -0.3 is 5.32 Å². The molecule has 0 aliphatic carbocycles. The molecule has 0 radical (unpaired) electrons. The molecule has 2 aromatic rings. The molecule has 23 heavy (non-hydrogen) atoms. The Bertz CT molecular complexity index is 835. The number of nitrogens with one attached hydrogen (secondary N) is 1. The van der Waals surface area contributed by atoms with Gasteiger partial charge in [0, 0.05) is 10.7 Å². The monoisotopic (exact) mass is 399 g/mol. The lowest BCUT2D eigenvalue weighted by Crippen LogP contribution is -2.27. The summed E-state index contributed by atoms with van der Waals surface area (Å²) in [6.45, 7) is 1.74. The van der Waals surface area contributed by atoms with Crippen LogP contribution in [0, 0.1) is 5.82 Å². The first kappa shape index (κ1) is 17.6. The van der Waals surface area contributed by atoms with Crippen LogP contribution in [0.3, 0.4) is 0 Å². The van der Waals surface area contributed by atoms with E-state index >= 15 is 0 Å². The van der Waals surface area contributed by atoms with Gasteiger partial charge in [0.05, 0.1) is 16.5 Å². The molecule has 2 aromatic carbocycles. The fraction of sp³-hybridized carbons (Fsp3) is 0.188. The largest absolute Gasteiger partial charge is 0.345 e. The molecule has 0 aromatic heterocycles. The summed E-state index contributed by atoms with van der Waals surface area (Å²) in [6, 6.07) is 10.0. The van der Waals surface area contributed by atoms with E-state index in [1.54, 1.807) is 25.1 Å². The molecule has 1 N–H and O–H groups in total. The fourth-order valence-electron chi connectivity index (χ4n) is 2.04. The van der Waals surface area contributed by atoms with E-state index in [0.717, 1.165) is 11.8 Å². The highest BCUT2D eigenvalue weighted by molar-refractivity contribution is 9.10. The van der Waals surface area contributed by atoms with Crippen molar-refractivity contribution >= 4 is 31.7 Å². The summed E-state index contributed by atoms with van der Waals surface area (Å²) in [5.74, 6) is -1.15. The van der Waals surface area contributed by atoms with Crippen molar-refractivity contribution < 1.29 is 17.6 Å². The third-order valence-corrected chi connectivity index (χ3v) is 4.95. The summed E-state index contributed by atoms with van der Waals surface area (Å²) >= 11 is 3.13. The maximum Gasteiger partial charge on any atom is 0.254 e. The summed E-state index contributed by atoms with van der Waals surface area (Å²) in [4.78, 5) is 12.3. The first-order valence-electron chi connectivity index (χ1n) is 6.74. The Hall–Kier alpha value is -1.73. The van der Waals surface area contributed by atoms with E-state index in [9.17, 15) is 17.6 Å². The second-order valence-electron chi connectivity index (χ2n) is 5.16. The molecule has 1 amide bonds. The molecule has 1 unspecified atom stereocenters. The van der Waals surface area contributed by atoms with Gasteiger partial charge in [0.15, 0.2) is 9.84 Å². The number of benzene rings is 2. The van der Waals surface area contributed by atoms with Crippen LogP contribution in [0.1, 0.15) is 28.9 Å². The average molecular weight is 400 g/mol. The molecule has 1 atom stereocenters. The van der Waals surface area contributed by atoms with Gasteiger partial charge in [-0.3, -0.25) is 4.79 Å². The summed E-state index contributed by atoms with van der Waals surface area (Å²) in [6.07, 6.45) is 1.13. The normalized spacial score (nSPS) is 12.7. The number of hydrogen-bond donors (Lipinski definition) is 1. The van der Waals surface area contributed by atoms with E-state index in [-0.39, 0.29) is 16.5 Å². The molecule has 0 heterocycles. The summed E-state index contributed by atoms with van der Waals surface area (Å²) in [5, 5.41) is 2.69. The van der Waals surface area contributed by atoms with Crippen LogP contribution in [0.2, 0.25) is 0 Å². The van der Waals surface area contributed by atoms with Crippen LogP contribution in [0.15, 0.2) is 51.8 Å². The lowest BCUT2D eigenvalue weighted by molar-refractivity contribution is 0.0935. The minimum absolute atomic E-state index is 0.0483.